The molecule has 2 heteroatoms. The molecule has 1 rings (SSSR count). The Kier molecular flexibility index (Phi) is 3.47. The van der Waals surface area contributed by atoms with Crippen molar-refractivity contribution >= 4 is 11.8 Å². The van der Waals surface area contributed by atoms with Gasteiger partial charge in [0.1, 0.15) is 0 Å². The maximum absolute atomic E-state index is 8.94. The molecule has 0 aliphatic heterocycles. The molecule has 1 N–H and O–H groups in total. The van der Waals surface area contributed by atoms with Crippen LogP contribution in [0.4, 0.5) is 0 Å². The zero-order valence-electron chi connectivity index (χ0n) is 8.34. The molecule has 0 bridgehead atoms. The topological polar surface area (TPSA) is 20.2 Å². The smallest absolute Gasteiger partial charge is 0.0547 e. The number of thioether (sulfide) groups is 1. The molecule has 0 radical (unpaired) electrons. The molecule has 0 aromatic carbocycles. The second-order valence-electron chi connectivity index (χ2n) is 4.50. The molecule has 0 heterocycles. The van der Waals surface area contributed by atoms with Crippen LogP contribution in [0.3, 0.4) is 0 Å². The Bertz CT molecular complexity index is 145. The van der Waals surface area contributed by atoms with Gasteiger partial charge in [0.15, 0.2) is 0 Å². The summed E-state index contributed by atoms with van der Waals surface area (Å²) in [7, 11) is 0. The van der Waals surface area contributed by atoms with Crippen LogP contribution in [0.5, 0.6) is 0 Å². The number of aliphatic hydroxyl groups excluding tert-OH is 1. The molecule has 12 heavy (non-hydrogen) atoms. The van der Waals surface area contributed by atoms with Gasteiger partial charge in [0, 0.05) is 10.5 Å². The Morgan fingerprint density at radius 1 is 1.58 bits per heavy atom. The highest BCUT2D eigenvalue weighted by atomic mass is 32.2. The predicted molar refractivity (Wildman–Crippen MR) is 55.6 cm³/mol. The van der Waals surface area contributed by atoms with E-state index in [1.54, 1.807) is 0 Å². The van der Waals surface area contributed by atoms with Crippen LogP contribution in [-0.2, 0) is 0 Å². The van der Waals surface area contributed by atoms with Crippen molar-refractivity contribution in [1.82, 2.24) is 0 Å². The lowest BCUT2D eigenvalue weighted by atomic mass is 9.92. The van der Waals surface area contributed by atoms with Gasteiger partial charge in [0.05, 0.1) is 6.61 Å². The quantitative estimate of drug-likeness (QED) is 0.735. The lowest BCUT2D eigenvalue weighted by Gasteiger charge is -2.28. The van der Waals surface area contributed by atoms with Gasteiger partial charge >= 0.3 is 0 Å². The SMILES string of the molecule is CC(CO)SC1CCCC1(C)C. The molecule has 0 saturated heterocycles. The van der Waals surface area contributed by atoms with E-state index in [0.717, 1.165) is 5.25 Å². The third-order valence-electron chi connectivity index (χ3n) is 2.81. The van der Waals surface area contributed by atoms with Crippen molar-refractivity contribution in [2.24, 2.45) is 5.41 Å². The van der Waals surface area contributed by atoms with E-state index in [2.05, 4.69) is 20.8 Å². The average molecular weight is 188 g/mol. The van der Waals surface area contributed by atoms with Gasteiger partial charge in [-0.15, -0.1) is 0 Å². The van der Waals surface area contributed by atoms with Gasteiger partial charge in [-0.1, -0.05) is 27.2 Å². The van der Waals surface area contributed by atoms with Gasteiger partial charge in [-0.05, 0) is 18.3 Å². The summed E-state index contributed by atoms with van der Waals surface area (Å²) in [5.74, 6) is 0. The summed E-state index contributed by atoms with van der Waals surface area (Å²) in [5, 5.41) is 10.1. The fourth-order valence-electron chi connectivity index (χ4n) is 1.87. The molecule has 1 aliphatic carbocycles. The molecule has 0 aromatic heterocycles. The summed E-state index contributed by atoms with van der Waals surface area (Å²) in [6.45, 7) is 7.12. The van der Waals surface area contributed by atoms with E-state index >= 15 is 0 Å². The third-order valence-corrected chi connectivity index (χ3v) is 4.63. The standard InChI is InChI=1S/C10H20OS/c1-8(7-11)12-9-5-4-6-10(9,2)3/h8-9,11H,4-7H2,1-3H3. The first kappa shape index (κ1) is 10.4. The molecule has 1 aliphatic rings. The molecular formula is C10H20OS. The summed E-state index contributed by atoms with van der Waals surface area (Å²) >= 11 is 1.96. The molecule has 1 fully saturated rings. The zero-order valence-corrected chi connectivity index (χ0v) is 9.16. The van der Waals surface area contributed by atoms with Gasteiger partial charge in [-0.3, -0.25) is 0 Å². The van der Waals surface area contributed by atoms with Crippen molar-refractivity contribution in [3.05, 3.63) is 0 Å². The second-order valence-corrected chi connectivity index (χ2v) is 6.14. The highest BCUT2D eigenvalue weighted by molar-refractivity contribution is 8.00. The van der Waals surface area contributed by atoms with Crippen LogP contribution in [0.1, 0.15) is 40.0 Å². The Balaban J connectivity index is 2.41. The summed E-state index contributed by atoms with van der Waals surface area (Å²) in [4.78, 5) is 0. The number of hydrogen-bond donors (Lipinski definition) is 1. The second kappa shape index (κ2) is 4.01. The minimum atomic E-state index is 0.317. The van der Waals surface area contributed by atoms with Crippen LogP contribution in [0.2, 0.25) is 0 Å². The number of hydrogen-bond acceptors (Lipinski definition) is 2. The minimum absolute atomic E-state index is 0.317. The van der Waals surface area contributed by atoms with Crippen LogP contribution in [0.25, 0.3) is 0 Å². The van der Waals surface area contributed by atoms with Crippen LogP contribution in [-0.4, -0.2) is 22.2 Å². The molecule has 72 valence electrons. The fraction of sp³-hybridized carbons (Fsp3) is 1.00. The first-order valence-electron chi connectivity index (χ1n) is 4.82. The molecule has 1 nitrogen and oxygen atoms in total. The molecule has 2 unspecified atom stereocenters. The highest BCUT2D eigenvalue weighted by Crippen LogP contribution is 2.45. The summed E-state index contributed by atoms with van der Waals surface area (Å²) in [6, 6.07) is 0. The lowest BCUT2D eigenvalue weighted by molar-refractivity contribution is 0.298. The molecule has 0 spiro atoms. The van der Waals surface area contributed by atoms with E-state index in [-0.39, 0.29) is 0 Å². The summed E-state index contributed by atoms with van der Waals surface area (Å²) in [5.41, 5.74) is 0.494. The van der Waals surface area contributed by atoms with Crippen molar-refractivity contribution in [3.63, 3.8) is 0 Å². The largest absolute Gasteiger partial charge is 0.395 e. The van der Waals surface area contributed by atoms with Crippen molar-refractivity contribution < 1.29 is 5.11 Å². The molecular weight excluding hydrogens is 168 g/mol. The highest BCUT2D eigenvalue weighted by Gasteiger charge is 2.35. The van der Waals surface area contributed by atoms with E-state index < -0.39 is 0 Å². The van der Waals surface area contributed by atoms with E-state index in [1.165, 1.54) is 19.3 Å². The predicted octanol–water partition coefficient (Wildman–Crippen LogP) is 2.68. The van der Waals surface area contributed by atoms with Crippen LogP contribution in [0, 0.1) is 5.41 Å². The fourth-order valence-corrected chi connectivity index (χ4v) is 3.31. The van der Waals surface area contributed by atoms with E-state index in [9.17, 15) is 0 Å². The first-order valence-corrected chi connectivity index (χ1v) is 5.77. The molecule has 2 atom stereocenters. The van der Waals surface area contributed by atoms with Crippen molar-refractivity contribution in [2.75, 3.05) is 6.61 Å². The van der Waals surface area contributed by atoms with Crippen molar-refractivity contribution in [2.45, 2.75) is 50.5 Å². The van der Waals surface area contributed by atoms with Gasteiger partial charge in [-0.25, -0.2) is 0 Å². The van der Waals surface area contributed by atoms with Gasteiger partial charge in [0.2, 0.25) is 0 Å². The van der Waals surface area contributed by atoms with Gasteiger partial charge in [-0.2, -0.15) is 11.8 Å². The summed E-state index contributed by atoms with van der Waals surface area (Å²) in [6.07, 6.45) is 4.05. The number of aliphatic hydroxyl groups is 1. The summed E-state index contributed by atoms with van der Waals surface area (Å²) < 4.78 is 0. The Labute approximate surface area is 79.9 Å². The average Bonchev–Trinajstić information content (AvgIpc) is 2.31. The van der Waals surface area contributed by atoms with Crippen molar-refractivity contribution in [1.29, 1.82) is 0 Å². The van der Waals surface area contributed by atoms with Crippen LogP contribution >= 0.6 is 11.8 Å². The Morgan fingerprint density at radius 2 is 2.25 bits per heavy atom. The molecule has 0 aromatic rings. The zero-order chi connectivity index (χ0) is 9.19. The normalized spacial score (nSPS) is 30.5. The van der Waals surface area contributed by atoms with Crippen molar-refractivity contribution in [3.8, 4) is 0 Å². The van der Waals surface area contributed by atoms with Crippen LogP contribution in [0.15, 0.2) is 0 Å². The van der Waals surface area contributed by atoms with E-state index in [4.69, 9.17) is 5.11 Å². The monoisotopic (exact) mass is 188 g/mol. The molecule has 0 amide bonds. The maximum Gasteiger partial charge on any atom is 0.0547 e. The first-order chi connectivity index (χ1) is 5.56. The molecule has 1 saturated carbocycles. The lowest BCUT2D eigenvalue weighted by Crippen LogP contribution is -2.22. The van der Waals surface area contributed by atoms with Gasteiger partial charge < -0.3 is 5.11 Å². The van der Waals surface area contributed by atoms with Crippen LogP contribution < -0.4 is 0 Å². The Hall–Kier alpha value is 0.310. The number of rotatable bonds is 3. The van der Waals surface area contributed by atoms with E-state index in [1.807, 2.05) is 11.8 Å². The maximum atomic E-state index is 8.94. The Morgan fingerprint density at radius 3 is 2.67 bits per heavy atom. The third kappa shape index (κ3) is 2.40. The van der Waals surface area contributed by atoms with E-state index in [0.29, 0.717) is 17.3 Å². The minimum Gasteiger partial charge on any atom is -0.395 e. The van der Waals surface area contributed by atoms with Gasteiger partial charge in [0.25, 0.3) is 0 Å².